The zero-order valence-corrected chi connectivity index (χ0v) is 17.1. The summed E-state index contributed by atoms with van der Waals surface area (Å²) in [6.07, 6.45) is 2.83. The van der Waals surface area contributed by atoms with Crippen molar-refractivity contribution >= 4 is 41.3 Å². The third-order valence-corrected chi connectivity index (χ3v) is 4.89. The van der Waals surface area contributed by atoms with E-state index in [-0.39, 0.29) is 29.6 Å². The normalized spacial score (nSPS) is 17.4. The van der Waals surface area contributed by atoms with Crippen LogP contribution in [0.1, 0.15) is 24.6 Å². The van der Waals surface area contributed by atoms with Crippen LogP contribution in [-0.4, -0.2) is 51.5 Å². The van der Waals surface area contributed by atoms with E-state index in [4.69, 9.17) is 14.5 Å². The molecule has 1 aliphatic rings. The van der Waals surface area contributed by atoms with Gasteiger partial charge in [0.15, 0.2) is 5.96 Å². The topological polar surface area (TPSA) is 54.9 Å². The maximum absolute atomic E-state index is 5.73. The molecule has 132 valence electrons. The molecule has 0 aromatic carbocycles. The molecule has 0 unspecified atom stereocenters. The van der Waals surface area contributed by atoms with Crippen LogP contribution in [0, 0.1) is 0 Å². The molecule has 2 heterocycles. The van der Waals surface area contributed by atoms with Crippen LogP contribution < -0.4 is 10.6 Å². The monoisotopic (exact) mass is 453 g/mol. The molecule has 0 saturated carbocycles. The molecule has 7 heteroatoms. The number of hydrogen-bond acceptors (Lipinski definition) is 4. The van der Waals surface area contributed by atoms with Gasteiger partial charge in [0.2, 0.25) is 0 Å². The Hall–Kier alpha value is -0.380. The van der Waals surface area contributed by atoms with Gasteiger partial charge >= 0.3 is 0 Å². The van der Waals surface area contributed by atoms with Crippen molar-refractivity contribution in [2.75, 3.05) is 40.0 Å². The summed E-state index contributed by atoms with van der Waals surface area (Å²) < 4.78 is 11.2. The largest absolute Gasteiger partial charge is 0.381 e. The van der Waals surface area contributed by atoms with Crippen LogP contribution >= 0.6 is 35.3 Å². The minimum Gasteiger partial charge on any atom is -0.381 e. The average molecular weight is 453 g/mol. The SMILES string of the molecule is CCNC(=NCC1(OC)CCOCC1)NCCc1cccs1.I. The van der Waals surface area contributed by atoms with Crippen LogP contribution in [0.2, 0.25) is 0 Å². The number of rotatable bonds is 7. The van der Waals surface area contributed by atoms with Gasteiger partial charge in [0.1, 0.15) is 0 Å². The minimum absolute atomic E-state index is 0. The van der Waals surface area contributed by atoms with Crippen LogP contribution in [0.25, 0.3) is 0 Å². The number of halogens is 1. The third-order valence-electron chi connectivity index (χ3n) is 3.95. The molecule has 23 heavy (non-hydrogen) atoms. The number of aliphatic imine (C=N–C) groups is 1. The van der Waals surface area contributed by atoms with Crippen molar-refractivity contribution in [3.8, 4) is 0 Å². The molecule has 0 aliphatic carbocycles. The van der Waals surface area contributed by atoms with Gasteiger partial charge in [-0.1, -0.05) is 6.07 Å². The summed E-state index contributed by atoms with van der Waals surface area (Å²) in [6, 6.07) is 4.26. The second kappa shape index (κ2) is 11.2. The molecule has 1 saturated heterocycles. The molecule has 0 amide bonds. The number of ether oxygens (including phenoxy) is 2. The minimum atomic E-state index is -0.172. The van der Waals surface area contributed by atoms with Crippen molar-refractivity contribution in [2.45, 2.75) is 31.8 Å². The average Bonchev–Trinajstić information content (AvgIpc) is 3.07. The van der Waals surface area contributed by atoms with Gasteiger partial charge in [-0.2, -0.15) is 0 Å². The Balaban J connectivity index is 0.00000264. The van der Waals surface area contributed by atoms with Gasteiger partial charge in [0, 0.05) is 51.1 Å². The summed E-state index contributed by atoms with van der Waals surface area (Å²) in [4.78, 5) is 6.11. The molecule has 1 aliphatic heterocycles. The molecule has 0 atom stereocenters. The first-order chi connectivity index (χ1) is 10.8. The fourth-order valence-corrected chi connectivity index (χ4v) is 3.20. The molecule has 0 spiro atoms. The van der Waals surface area contributed by atoms with Crippen LogP contribution in [0.15, 0.2) is 22.5 Å². The zero-order valence-electron chi connectivity index (χ0n) is 14.0. The second-order valence-corrected chi connectivity index (χ2v) is 6.48. The lowest BCUT2D eigenvalue weighted by Gasteiger charge is -2.34. The summed E-state index contributed by atoms with van der Waals surface area (Å²) in [5.74, 6) is 0.863. The molecular formula is C16H28IN3O2S. The van der Waals surface area contributed by atoms with Crippen molar-refractivity contribution < 1.29 is 9.47 Å². The van der Waals surface area contributed by atoms with E-state index >= 15 is 0 Å². The van der Waals surface area contributed by atoms with E-state index in [2.05, 4.69) is 35.1 Å². The number of thiophene rings is 1. The summed E-state index contributed by atoms with van der Waals surface area (Å²) in [5.41, 5.74) is -0.172. The summed E-state index contributed by atoms with van der Waals surface area (Å²) in [5, 5.41) is 8.81. The summed E-state index contributed by atoms with van der Waals surface area (Å²) >= 11 is 1.79. The highest BCUT2D eigenvalue weighted by Gasteiger charge is 2.32. The van der Waals surface area contributed by atoms with Crippen molar-refractivity contribution in [1.29, 1.82) is 0 Å². The number of guanidine groups is 1. The van der Waals surface area contributed by atoms with Gasteiger partial charge in [0.05, 0.1) is 12.1 Å². The van der Waals surface area contributed by atoms with Crippen molar-refractivity contribution in [3.05, 3.63) is 22.4 Å². The Morgan fingerprint density at radius 2 is 2.17 bits per heavy atom. The highest BCUT2D eigenvalue weighted by molar-refractivity contribution is 14.0. The van der Waals surface area contributed by atoms with E-state index in [0.717, 1.165) is 51.5 Å². The van der Waals surface area contributed by atoms with Crippen LogP contribution in [0.5, 0.6) is 0 Å². The first-order valence-electron chi connectivity index (χ1n) is 7.95. The molecule has 0 radical (unpaired) electrons. The van der Waals surface area contributed by atoms with Gasteiger partial charge in [0.25, 0.3) is 0 Å². The Morgan fingerprint density at radius 3 is 2.78 bits per heavy atom. The molecule has 1 aromatic rings. The number of nitrogens with one attached hydrogen (secondary N) is 2. The predicted octanol–water partition coefficient (Wildman–Crippen LogP) is 2.66. The van der Waals surface area contributed by atoms with Crippen molar-refractivity contribution in [1.82, 2.24) is 10.6 Å². The third kappa shape index (κ3) is 6.94. The van der Waals surface area contributed by atoms with E-state index < -0.39 is 0 Å². The predicted molar refractivity (Wildman–Crippen MR) is 107 cm³/mol. The fourth-order valence-electron chi connectivity index (χ4n) is 2.49. The molecule has 2 rings (SSSR count). The molecule has 1 aromatic heterocycles. The van der Waals surface area contributed by atoms with E-state index in [1.54, 1.807) is 18.4 Å². The van der Waals surface area contributed by atoms with Crippen LogP contribution in [0.3, 0.4) is 0 Å². The van der Waals surface area contributed by atoms with Gasteiger partial charge < -0.3 is 20.1 Å². The maximum atomic E-state index is 5.73. The summed E-state index contributed by atoms with van der Waals surface area (Å²) in [6.45, 7) is 6.00. The van der Waals surface area contributed by atoms with Gasteiger partial charge in [-0.15, -0.1) is 35.3 Å². The Labute approximate surface area is 160 Å². The standard InChI is InChI=1S/C16H27N3O2S.HI/c1-3-17-15(18-9-6-14-5-4-12-22-14)19-13-16(20-2)7-10-21-11-8-16;/h4-5,12H,3,6-11,13H2,1-2H3,(H2,17,18,19);1H. The first kappa shape index (κ1) is 20.7. The van der Waals surface area contributed by atoms with E-state index in [9.17, 15) is 0 Å². The first-order valence-corrected chi connectivity index (χ1v) is 8.83. The van der Waals surface area contributed by atoms with Gasteiger partial charge in [-0.3, -0.25) is 4.99 Å². The Bertz CT molecular complexity index is 448. The molecular weight excluding hydrogens is 425 g/mol. The smallest absolute Gasteiger partial charge is 0.191 e. The van der Waals surface area contributed by atoms with Crippen molar-refractivity contribution in [3.63, 3.8) is 0 Å². The maximum Gasteiger partial charge on any atom is 0.191 e. The van der Waals surface area contributed by atoms with Crippen LogP contribution in [-0.2, 0) is 15.9 Å². The zero-order chi connectivity index (χ0) is 15.7. The fraction of sp³-hybridized carbons (Fsp3) is 0.688. The number of nitrogens with zero attached hydrogens (tertiary/aromatic N) is 1. The highest BCUT2D eigenvalue weighted by atomic mass is 127. The van der Waals surface area contributed by atoms with E-state index in [0.29, 0.717) is 6.54 Å². The lowest BCUT2D eigenvalue weighted by molar-refractivity contribution is -0.0828. The van der Waals surface area contributed by atoms with E-state index in [1.165, 1.54) is 4.88 Å². The molecule has 0 bridgehead atoms. The van der Waals surface area contributed by atoms with Gasteiger partial charge in [-0.05, 0) is 24.8 Å². The van der Waals surface area contributed by atoms with Crippen molar-refractivity contribution in [2.24, 2.45) is 4.99 Å². The van der Waals surface area contributed by atoms with Crippen LogP contribution in [0.4, 0.5) is 0 Å². The number of methoxy groups -OCH3 is 1. The molecule has 1 fully saturated rings. The summed E-state index contributed by atoms with van der Waals surface area (Å²) in [7, 11) is 1.78. The molecule has 2 N–H and O–H groups in total. The number of hydrogen-bond donors (Lipinski definition) is 2. The van der Waals surface area contributed by atoms with E-state index in [1.807, 2.05) is 0 Å². The quantitative estimate of drug-likeness (QED) is 0.379. The molecule has 5 nitrogen and oxygen atoms in total. The van der Waals surface area contributed by atoms with Gasteiger partial charge in [-0.25, -0.2) is 0 Å². The Kier molecular flexibility index (Phi) is 10.1. The lowest BCUT2D eigenvalue weighted by Crippen LogP contribution is -2.44. The lowest BCUT2D eigenvalue weighted by atomic mass is 9.94. The Morgan fingerprint density at radius 1 is 1.39 bits per heavy atom. The highest BCUT2D eigenvalue weighted by Crippen LogP contribution is 2.24. The second-order valence-electron chi connectivity index (χ2n) is 5.45.